The van der Waals surface area contributed by atoms with Gasteiger partial charge in [-0.3, -0.25) is 4.98 Å². The normalized spacial score (nSPS) is 15.8. The van der Waals surface area contributed by atoms with Crippen LogP contribution in [0.5, 0.6) is 0 Å². The number of benzene rings is 1. The van der Waals surface area contributed by atoms with Crippen molar-refractivity contribution < 1.29 is 0 Å². The molecule has 1 aromatic carbocycles. The number of aryl methyl sites for hydroxylation is 1. The molecule has 1 fully saturated rings. The van der Waals surface area contributed by atoms with Gasteiger partial charge < -0.3 is 10.2 Å². The van der Waals surface area contributed by atoms with Gasteiger partial charge in [0.05, 0.1) is 5.52 Å². The summed E-state index contributed by atoms with van der Waals surface area (Å²) >= 11 is 1.63. The van der Waals surface area contributed by atoms with Crippen LogP contribution in [0.2, 0.25) is 0 Å². The van der Waals surface area contributed by atoms with Gasteiger partial charge in [-0.1, -0.05) is 29.5 Å². The molecule has 4 rings (SSSR count). The highest BCUT2D eigenvalue weighted by Crippen LogP contribution is 2.28. The molecule has 1 aliphatic rings. The maximum atomic E-state index is 4.52. The number of para-hydroxylation sites is 1. The van der Waals surface area contributed by atoms with Crippen molar-refractivity contribution in [3.8, 4) is 0 Å². The fraction of sp³-hybridized carbons (Fsp3) is 0.389. The molecule has 24 heavy (non-hydrogen) atoms. The summed E-state index contributed by atoms with van der Waals surface area (Å²) in [6.07, 6.45) is 4.34. The van der Waals surface area contributed by atoms with Crippen LogP contribution in [0.25, 0.3) is 10.9 Å². The predicted molar refractivity (Wildman–Crippen MR) is 99.8 cm³/mol. The number of hydrogen-bond donors (Lipinski definition) is 1. The van der Waals surface area contributed by atoms with E-state index in [1.54, 1.807) is 16.8 Å². The third-order valence-electron chi connectivity index (χ3n) is 4.77. The molecule has 0 bridgehead atoms. The monoisotopic (exact) mass is 339 g/mol. The van der Waals surface area contributed by atoms with Gasteiger partial charge in [0.25, 0.3) is 0 Å². The number of piperidine rings is 1. The molecule has 5 nitrogen and oxygen atoms in total. The van der Waals surface area contributed by atoms with Gasteiger partial charge in [-0.15, -0.1) is 10.2 Å². The highest BCUT2D eigenvalue weighted by molar-refractivity contribution is 7.13. The topological polar surface area (TPSA) is 53.9 Å². The molecule has 0 aliphatic carbocycles. The zero-order chi connectivity index (χ0) is 16.4. The highest BCUT2D eigenvalue weighted by Gasteiger charge is 2.21. The lowest BCUT2D eigenvalue weighted by atomic mass is 9.96. The van der Waals surface area contributed by atoms with Crippen molar-refractivity contribution in [3.05, 3.63) is 41.5 Å². The van der Waals surface area contributed by atoms with Crippen molar-refractivity contribution in [2.45, 2.75) is 19.8 Å². The third kappa shape index (κ3) is 3.06. The fourth-order valence-corrected chi connectivity index (χ4v) is 3.97. The first-order valence-electron chi connectivity index (χ1n) is 8.40. The van der Waals surface area contributed by atoms with Crippen LogP contribution in [0.4, 0.5) is 10.8 Å². The molecular weight excluding hydrogens is 318 g/mol. The first-order chi connectivity index (χ1) is 11.8. The van der Waals surface area contributed by atoms with Gasteiger partial charge in [0.2, 0.25) is 5.13 Å². The molecule has 0 radical (unpaired) electrons. The predicted octanol–water partition coefficient (Wildman–Crippen LogP) is 3.72. The smallest absolute Gasteiger partial charge is 0.208 e. The van der Waals surface area contributed by atoms with Crippen LogP contribution in [0, 0.1) is 12.8 Å². The number of nitrogens with zero attached hydrogens (tertiary/aromatic N) is 4. The Morgan fingerprint density at radius 2 is 2.08 bits per heavy atom. The minimum atomic E-state index is 0.695. The van der Waals surface area contributed by atoms with E-state index in [4.69, 9.17) is 0 Å². The minimum Gasteiger partial charge on any atom is -0.384 e. The molecule has 3 heterocycles. The second-order valence-corrected chi connectivity index (χ2v) is 7.18. The number of fused-ring (bicyclic) bond motifs is 1. The van der Waals surface area contributed by atoms with E-state index in [-0.39, 0.29) is 0 Å². The first kappa shape index (κ1) is 15.3. The minimum absolute atomic E-state index is 0.695. The Hall–Kier alpha value is -2.21. The number of nitrogens with one attached hydrogen (secondary N) is 1. The van der Waals surface area contributed by atoms with Gasteiger partial charge in [-0.05, 0) is 37.3 Å². The van der Waals surface area contributed by atoms with Crippen LogP contribution >= 0.6 is 11.3 Å². The summed E-state index contributed by atoms with van der Waals surface area (Å²) in [5, 5.41) is 14.1. The van der Waals surface area contributed by atoms with E-state index in [1.807, 2.05) is 12.3 Å². The van der Waals surface area contributed by atoms with E-state index in [2.05, 4.69) is 50.5 Å². The van der Waals surface area contributed by atoms with E-state index >= 15 is 0 Å². The van der Waals surface area contributed by atoms with Gasteiger partial charge in [-0.2, -0.15) is 0 Å². The number of aromatic nitrogens is 3. The molecule has 2 aromatic heterocycles. The van der Waals surface area contributed by atoms with Crippen LogP contribution in [-0.2, 0) is 0 Å². The molecule has 0 spiro atoms. The number of rotatable bonds is 4. The zero-order valence-corrected chi connectivity index (χ0v) is 14.6. The lowest BCUT2D eigenvalue weighted by Gasteiger charge is -2.31. The number of anilines is 2. The average molecular weight is 339 g/mol. The lowest BCUT2D eigenvalue weighted by Crippen LogP contribution is -2.35. The summed E-state index contributed by atoms with van der Waals surface area (Å²) in [5.74, 6) is 0.695. The largest absolute Gasteiger partial charge is 0.384 e. The van der Waals surface area contributed by atoms with E-state index in [0.717, 1.165) is 30.3 Å². The third-order valence-corrected chi connectivity index (χ3v) is 5.52. The average Bonchev–Trinajstić information content (AvgIpc) is 3.16. The van der Waals surface area contributed by atoms with E-state index < -0.39 is 0 Å². The summed E-state index contributed by atoms with van der Waals surface area (Å²) in [6, 6.07) is 8.34. The Morgan fingerprint density at radius 3 is 2.88 bits per heavy atom. The van der Waals surface area contributed by atoms with Crippen LogP contribution in [0.3, 0.4) is 0 Å². The Morgan fingerprint density at radius 1 is 1.25 bits per heavy atom. The molecule has 0 amide bonds. The quantitative estimate of drug-likeness (QED) is 0.785. The van der Waals surface area contributed by atoms with Gasteiger partial charge in [-0.25, -0.2) is 0 Å². The molecule has 0 atom stereocenters. The Kier molecular flexibility index (Phi) is 4.30. The van der Waals surface area contributed by atoms with Crippen molar-refractivity contribution in [3.63, 3.8) is 0 Å². The van der Waals surface area contributed by atoms with Gasteiger partial charge in [0.1, 0.15) is 5.51 Å². The summed E-state index contributed by atoms with van der Waals surface area (Å²) in [5.41, 5.74) is 5.30. The highest BCUT2D eigenvalue weighted by atomic mass is 32.1. The summed E-state index contributed by atoms with van der Waals surface area (Å²) in [7, 11) is 0. The maximum absolute atomic E-state index is 4.52. The lowest BCUT2D eigenvalue weighted by molar-refractivity contribution is 0.423. The Labute approximate surface area is 145 Å². The van der Waals surface area contributed by atoms with Crippen LogP contribution in [0.15, 0.2) is 36.0 Å². The molecule has 6 heteroatoms. The Bertz CT molecular complexity index is 809. The first-order valence-corrected chi connectivity index (χ1v) is 9.28. The van der Waals surface area contributed by atoms with Gasteiger partial charge in [0, 0.05) is 36.9 Å². The zero-order valence-electron chi connectivity index (χ0n) is 13.8. The summed E-state index contributed by atoms with van der Waals surface area (Å²) in [6.45, 7) is 5.27. The van der Waals surface area contributed by atoms with E-state index in [1.165, 1.54) is 29.5 Å². The van der Waals surface area contributed by atoms with Crippen LogP contribution < -0.4 is 10.2 Å². The summed E-state index contributed by atoms with van der Waals surface area (Å²) < 4.78 is 0. The standard InChI is InChI=1S/C18H21N5S/c1-13-10-19-16-5-3-2-4-15(16)17(13)20-11-14-6-8-23(9-7-14)18-22-21-12-24-18/h2-5,10,12,14H,6-9,11H2,1H3,(H,19,20). The SMILES string of the molecule is Cc1cnc2ccccc2c1NCC1CCN(c2nncs2)CC1. The second kappa shape index (κ2) is 6.73. The molecule has 0 saturated carbocycles. The molecule has 0 unspecified atom stereocenters. The number of pyridine rings is 1. The second-order valence-electron chi connectivity index (χ2n) is 6.37. The van der Waals surface area contributed by atoms with Crippen molar-refractivity contribution in [1.82, 2.24) is 15.2 Å². The maximum Gasteiger partial charge on any atom is 0.208 e. The Balaban J connectivity index is 1.41. The van der Waals surface area contributed by atoms with Gasteiger partial charge in [0.15, 0.2) is 0 Å². The molecule has 124 valence electrons. The van der Waals surface area contributed by atoms with Crippen molar-refractivity contribution in [2.24, 2.45) is 5.92 Å². The molecular formula is C18H21N5S. The van der Waals surface area contributed by atoms with Gasteiger partial charge >= 0.3 is 0 Å². The van der Waals surface area contributed by atoms with Crippen molar-refractivity contribution >= 4 is 33.1 Å². The van der Waals surface area contributed by atoms with E-state index in [0.29, 0.717) is 5.92 Å². The van der Waals surface area contributed by atoms with Crippen LogP contribution in [-0.4, -0.2) is 34.8 Å². The summed E-state index contributed by atoms with van der Waals surface area (Å²) in [4.78, 5) is 6.86. The molecule has 1 aliphatic heterocycles. The molecule has 1 N–H and O–H groups in total. The van der Waals surface area contributed by atoms with E-state index in [9.17, 15) is 0 Å². The number of hydrogen-bond acceptors (Lipinski definition) is 6. The van der Waals surface area contributed by atoms with Crippen LogP contribution in [0.1, 0.15) is 18.4 Å². The fourth-order valence-electron chi connectivity index (χ4n) is 3.36. The van der Waals surface area contributed by atoms with Crippen molar-refractivity contribution in [1.29, 1.82) is 0 Å². The molecule has 1 saturated heterocycles. The molecule has 3 aromatic rings. The van der Waals surface area contributed by atoms with Crippen molar-refractivity contribution in [2.75, 3.05) is 29.9 Å².